The van der Waals surface area contributed by atoms with Gasteiger partial charge in [0, 0.05) is 10.7 Å². The van der Waals surface area contributed by atoms with Gasteiger partial charge in [0.2, 0.25) is 0 Å². The molecule has 0 unspecified atom stereocenters. The highest BCUT2D eigenvalue weighted by Crippen LogP contribution is 2.45. The minimum absolute atomic E-state index is 0.278. The Morgan fingerprint density at radius 3 is 2.59 bits per heavy atom. The van der Waals surface area contributed by atoms with E-state index in [0.29, 0.717) is 32.1 Å². The molecule has 0 saturated carbocycles. The van der Waals surface area contributed by atoms with Gasteiger partial charge in [-0.3, -0.25) is 9.69 Å². The van der Waals surface area contributed by atoms with Crippen LogP contribution < -0.4 is 11.1 Å². The molecule has 0 bridgehead atoms. The minimum Gasteiger partial charge on any atom is -0.383 e. The Morgan fingerprint density at radius 2 is 1.93 bits per heavy atom. The number of amidine groups is 1. The van der Waals surface area contributed by atoms with Crippen LogP contribution in [-0.4, -0.2) is 16.0 Å². The smallest absolute Gasteiger partial charge is 0.255 e. The number of amides is 1. The first-order valence-electron chi connectivity index (χ1n) is 8.78. The summed E-state index contributed by atoms with van der Waals surface area (Å²) in [7, 11) is 0. The Morgan fingerprint density at radius 1 is 1.24 bits per heavy atom. The lowest BCUT2D eigenvalue weighted by atomic mass is 9.94. The lowest BCUT2D eigenvalue weighted by Gasteiger charge is -2.35. The fraction of sp³-hybridized carbons (Fsp3) is 0.0952. The number of halogens is 1. The third kappa shape index (κ3) is 3.48. The first-order chi connectivity index (χ1) is 14.0. The highest BCUT2D eigenvalue weighted by atomic mass is 35.5. The van der Waals surface area contributed by atoms with E-state index >= 15 is 0 Å². The average Bonchev–Trinajstić information content (AvgIpc) is 3.03. The summed E-state index contributed by atoms with van der Waals surface area (Å²) >= 11 is 7.26. The fourth-order valence-corrected chi connectivity index (χ4v) is 4.35. The first kappa shape index (κ1) is 19.1. The number of para-hydroxylation sites is 1. The van der Waals surface area contributed by atoms with Crippen LogP contribution in [0.3, 0.4) is 0 Å². The van der Waals surface area contributed by atoms with E-state index < -0.39 is 6.04 Å². The molecule has 2 aliphatic rings. The van der Waals surface area contributed by atoms with Crippen LogP contribution in [0.15, 0.2) is 81.6 Å². The van der Waals surface area contributed by atoms with E-state index in [0.717, 1.165) is 5.56 Å². The van der Waals surface area contributed by atoms with E-state index in [-0.39, 0.29) is 11.7 Å². The maximum Gasteiger partial charge on any atom is 0.255 e. The number of nitriles is 1. The number of hydrogen-bond acceptors (Lipinski definition) is 6. The van der Waals surface area contributed by atoms with Crippen molar-refractivity contribution in [3.63, 3.8) is 0 Å². The third-order valence-corrected chi connectivity index (χ3v) is 5.87. The Bertz CT molecular complexity index is 1120. The molecule has 0 saturated heterocycles. The highest BCUT2D eigenvalue weighted by molar-refractivity contribution is 8.17. The van der Waals surface area contributed by atoms with E-state index in [9.17, 15) is 10.1 Å². The van der Waals surface area contributed by atoms with Crippen molar-refractivity contribution in [1.82, 2.24) is 4.90 Å². The molecule has 6 nitrogen and oxygen atoms in total. The first-order valence-corrected chi connectivity index (χ1v) is 9.97. The van der Waals surface area contributed by atoms with Crippen LogP contribution in [0.5, 0.6) is 0 Å². The molecule has 0 aliphatic carbocycles. The van der Waals surface area contributed by atoms with Crippen molar-refractivity contribution in [2.45, 2.75) is 13.0 Å². The predicted octanol–water partition coefficient (Wildman–Crippen LogP) is 4.36. The van der Waals surface area contributed by atoms with Gasteiger partial charge < -0.3 is 11.1 Å². The number of thioether (sulfide) groups is 1. The molecule has 3 N–H and O–H groups in total. The lowest BCUT2D eigenvalue weighted by Crippen LogP contribution is -2.39. The van der Waals surface area contributed by atoms with Crippen LogP contribution >= 0.6 is 23.4 Å². The van der Waals surface area contributed by atoms with Crippen LogP contribution in [0.4, 0.5) is 5.69 Å². The van der Waals surface area contributed by atoms with Crippen molar-refractivity contribution in [1.29, 1.82) is 5.26 Å². The van der Waals surface area contributed by atoms with Gasteiger partial charge in [0.05, 0.1) is 17.3 Å². The van der Waals surface area contributed by atoms with E-state index in [2.05, 4.69) is 16.4 Å². The Labute approximate surface area is 177 Å². The minimum atomic E-state index is -0.526. The maximum atomic E-state index is 13.3. The Kier molecular flexibility index (Phi) is 5.05. The fourth-order valence-electron chi connectivity index (χ4n) is 3.31. The standard InChI is InChI=1S/C21H16ClN5OS/c1-12-17(20(28)26-15-5-3-2-4-6-15)18(13-7-9-14(22)10-8-13)27-19(24)16(11-23)29-21(27)25-12/h2-10,18H,24H2,1H3,(H,26,28)/t18-/m1/s1. The number of nitrogens with one attached hydrogen (secondary N) is 1. The maximum absolute atomic E-state index is 13.3. The third-order valence-electron chi connectivity index (χ3n) is 4.64. The Balaban J connectivity index is 1.82. The summed E-state index contributed by atoms with van der Waals surface area (Å²) in [6.45, 7) is 1.79. The quantitative estimate of drug-likeness (QED) is 0.767. The number of nitrogens with zero attached hydrogens (tertiary/aromatic N) is 3. The number of hydrogen-bond donors (Lipinski definition) is 2. The van der Waals surface area contributed by atoms with Gasteiger partial charge in [-0.2, -0.15) is 5.26 Å². The number of carbonyl (C=O) groups excluding carboxylic acids is 1. The summed E-state index contributed by atoms with van der Waals surface area (Å²) in [5.41, 5.74) is 8.80. The van der Waals surface area contributed by atoms with Crippen LogP contribution in [-0.2, 0) is 4.79 Å². The molecule has 2 aliphatic heterocycles. The van der Waals surface area contributed by atoms with Gasteiger partial charge in [-0.1, -0.05) is 41.9 Å². The van der Waals surface area contributed by atoms with Crippen molar-refractivity contribution in [2.24, 2.45) is 10.7 Å². The molecule has 0 radical (unpaired) electrons. The zero-order valence-corrected chi connectivity index (χ0v) is 17.0. The molecule has 4 rings (SSSR count). The molecule has 8 heteroatoms. The number of anilines is 1. The van der Waals surface area contributed by atoms with Crippen molar-refractivity contribution >= 4 is 40.1 Å². The topological polar surface area (TPSA) is 94.5 Å². The van der Waals surface area contributed by atoms with Gasteiger partial charge in [-0.15, -0.1) is 0 Å². The van der Waals surface area contributed by atoms with Gasteiger partial charge in [0.25, 0.3) is 5.91 Å². The molecule has 1 amide bonds. The Hall–Kier alpha value is -3.21. The monoisotopic (exact) mass is 421 g/mol. The number of allylic oxidation sites excluding steroid dienone is 2. The second kappa shape index (κ2) is 7.66. The zero-order chi connectivity index (χ0) is 20.5. The number of carbonyl (C=O) groups is 1. The average molecular weight is 422 g/mol. The summed E-state index contributed by atoms with van der Waals surface area (Å²) in [5, 5.41) is 13.5. The molecule has 2 aromatic rings. The zero-order valence-electron chi connectivity index (χ0n) is 15.4. The normalized spacial score (nSPS) is 18.3. The van der Waals surface area contributed by atoms with E-state index in [1.165, 1.54) is 11.8 Å². The number of nitrogens with two attached hydrogens (primary N) is 1. The lowest BCUT2D eigenvalue weighted by molar-refractivity contribution is -0.113. The van der Waals surface area contributed by atoms with Crippen LogP contribution in [0, 0.1) is 11.3 Å². The molecule has 2 aromatic carbocycles. The summed E-state index contributed by atoms with van der Waals surface area (Å²) in [6.07, 6.45) is 0. The van der Waals surface area contributed by atoms with E-state index in [4.69, 9.17) is 17.3 Å². The predicted molar refractivity (Wildman–Crippen MR) is 116 cm³/mol. The summed E-state index contributed by atoms with van der Waals surface area (Å²) < 4.78 is 0. The molecular formula is C21H16ClN5OS. The molecule has 2 heterocycles. The van der Waals surface area contributed by atoms with E-state index in [1.807, 2.05) is 42.5 Å². The highest BCUT2D eigenvalue weighted by Gasteiger charge is 2.42. The molecule has 29 heavy (non-hydrogen) atoms. The summed E-state index contributed by atoms with van der Waals surface area (Å²) in [6, 6.07) is 18.0. The van der Waals surface area contributed by atoms with Gasteiger partial charge in [-0.25, -0.2) is 4.99 Å². The van der Waals surface area contributed by atoms with Crippen LogP contribution in [0.1, 0.15) is 18.5 Å². The number of benzene rings is 2. The van der Waals surface area contributed by atoms with Gasteiger partial charge in [-0.05, 0) is 48.5 Å². The molecule has 0 spiro atoms. The number of rotatable bonds is 3. The van der Waals surface area contributed by atoms with Crippen molar-refractivity contribution in [2.75, 3.05) is 5.32 Å². The SMILES string of the molecule is CC1=C(C(=O)Nc2ccccc2)[C@@H](c2ccc(Cl)cc2)N2C(=N1)SC(C#N)=C2N. The largest absolute Gasteiger partial charge is 0.383 e. The second-order valence-electron chi connectivity index (χ2n) is 6.47. The van der Waals surface area contributed by atoms with Gasteiger partial charge in [0.15, 0.2) is 5.17 Å². The second-order valence-corrected chi connectivity index (χ2v) is 7.88. The van der Waals surface area contributed by atoms with Crippen molar-refractivity contribution < 1.29 is 4.79 Å². The molecule has 144 valence electrons. The number of fused-ring (bicyclic) bond motifs is 1. The van der Waals surface area contributed by atoms with Crippen molar-refractivity contribution in [3.8, 4) is 6.07 Å². The molecule has 0 aromatic heterocycles. The van der Waals surface area contributed by atoms with Gasteiger partial charge >= 0.3 is 0 Å². The van der Waals surface area contributed by atoms with E-state index in [1.54, 1.807) is 24.0 Å². The van der Waals surface area contributed by atoms with Crippen molar-refractivity contribution in [3.05, 3.63) is 87.2 Å². The molecular weight excluding hydrogens is 406 g/mol. The van der Waals surface area contributed by atoms with Crippen LogP contribution in [0.2, 0.25) is 5.02 Å². The molecule has 1 atom stereocenters. The van der Waals surface area contributed by atoms with Crippen LogP contribution in [0.25, 0.3) is 0 Å². The summed E-state index contributed by atoms with van der Waals surface area (Å²) in [5.74, 6) is 0.00775. The van der Waals surface area contributed by atoms with Gasteiger partial charge in [0.1, 0.15) is 16.8 Å². The summed E-state index contributed by atoms with van der Waals surface area (Å²) in [4.78, 5) is 19.9. The number of aliphatic imine (C=N–C) groups is 1. The molecule has 0 fully saturated rings.